The first-order valence-corrected chi connectivity index (χ1v) is 4.39. The van der Waals surface area contributed by atoms with Gasteiger partial charge in [-0.1, -0.05) is 0 Å². The Morgan fingerprint density at radius 2 is 2.00 bits per heavy atom. The fraction of sp³-hybridized carbons (Fsp3) is 0.667. The summed E-state index contributed by atoms with van der Waals surface area (Å²) in [5.41, 5.74) is 5.43. The molecule has 3 N–H and O–H groups in total. The fourth-order valence-corrected chi connectivity index (χ4v) is 1.09. The van der Waals surface area contributed by atoms with Crippen LogP contribution in [0.15, 0.2) is 9.98 Å². The second-order valence-electron chi connectivity index (χ2n) is 1.75. The van der Waals surface area contributed by atoms with Gasteiger partial charge in [0.05, 0.1) is 0 Å². The first-order chi connectivity index (χ1) is 5.74. The Balaban J connectivity index is 4.02. The standard InChI is InChI=1S/C6H13N3O2S/c1-3-8-5(7)12-6(11-10)9-4-2/h10H,3-4H2,1-2H3,(H2,7,8). The first-order valence-electron chi connectivity index (χ1n) is 3.58. The molecule has 0 aliphatic rings. The van der Waals surface area contributed by atoms with Crippen molar-refractivity contribution in [2.45, 2.75) is 13.8 Å². The SMILES string of the molecule is CCN=C(N)SC(=NCC)OO. The predicted molar refractivity (Wildman–Crippen MR) is 51.4 cm³/mol. The van der Waals surface area contributed by atoms with Gasteiger partial charge in [0.2, 0.25) is 0 Å². The number of amidine groups is 1. The van der Waals surface area contributed by atoms with E-state index in [0.717, 1.165) is 11.8 Å². The van der Waals surface area contributed by atoms with E-state index in [1.807, 2.05) is 13.8 Å². The molecule has 0 aromatic carbocycles. The van der Waals surface area contributed by atoms with E-state index in [1.54, 1.807) is 0 Å². The molecular weight excluding hydrogens is 178 g/mol. The average Bonchev–Trinajstić information content (AvgIpc) is 2.04. The number of rotatable bonds is 2. The van der Waals surface area contributed by atoms with Gasteiger partial charge in [-0.15, -0.1) is 0 Å². The van der Waals surface area contributed by atoms with Crippen LogP contribution in [0.2, 0.25) is 0 Å². The van der Waals surface area contributed by atoms with Crippen molar-refractivity contribution < 1.29 is 10.1 Å². The third-order valence-corrected chi connectivity index (χ3v) is 1.59. The summed E-state index contributed by atoms with van der Waals surface area (Å²) >= 11 is 0.999. The summed E-state index contributed by atoms with van der Waals surface area (Å²) < 4.78 is 0. The lowest BCUT2D eigenvalue weighted by atomic mass is 10.8. The minimum absolute atomic E-state index is 0.118. The van der Waals surface area contributed by atoms with Gasteiger partial charge in [-0.2, -0.15) is 0 Å². The van der Waals surface area contributed by atoms with Crippen molar-refractivity contribution in [1.82, 2.24) is 0 Å². The highest BCUT2D eigenvalue weighted by molar-refractivity contribution is 8.26. The van der Waals surface area contributed by atoms with E-state index in [9.17, 15) is 0 Å². The Kier molecular flexibility index (Phi) is 6.50. The van der Waals surface area contributed by atoms with E-state index in [0.29, 0.717) is 18.3 Å². The van der Waals surface area contributed by atoms with Crippen LogP contribution in [0.4, 0.5) is 0 Å². The van der Waals surface area contributed by atoms with Crippen LogP contribution in [0.1, 0.15) is 13.8 Å². The summed E-state index contributed by atoms with van der Waals surface area (Å²) in [6.45, 7) is 4.82. The minimum atomic E-state index is 0.118. The molecule has 0 bridgehead atoms. The Bertz CT molecular complexity index is 182. The minimum Gasteiger partial charge on any atom is -0.378 e. The largest absolute Gasteiger partial charge is 0.378 e. The summed E-state index contributed by atoms with van der Waals surface area (Å²) in [5, 5.41) is 8.76. The summed E-state index contributed by atoms with van der Waals surface area (Å²) in [6, 6.07) is 0. The van der Waals surface area contributed by atoms with Crippen molar-refractivity contribution in [2.24, 2.45) is 15.7 Å². The van der Waals surface area contributed by atoms with E-state index in [1.165, 1.54) is 0 Å². The molecule has 0 radical (unpaired) electrons. The highest BCUT2D eigenvalue weighted by Crippen LogP contribution is 2.04. The van der Waals surface area contributed by atoms with Crippen LogP contribution in [-0.4, -0.2) is 28.7 Å². The van der Waals surface area contributed by atoms with E-state index in [2.05, 4.69) is 14.9 Å². The van der Waals surface area contributed by atoms with Gasteiger partial charge in [0.15, 0.2) is 5.17 Å². The average molecular weight is 191 g/mol. The molecule has 0 aliphatic heterocycles. The molecule has 6 heteroatoms. The van der Waals surface area contributed by atoms with Crippen molar-refractivity contribution >= 4 is 22.2 Å². The van der Waals surface area contributed by atoms with E-state index in [4.69, 9.17) is 11.0 Å². The second-order valence-corrected chi connectivity index (χ2v) is 2.72. The van der Waals surface area contributed by atoms with Gasteiger partial charge in [-0.25, -0.2) is 10.2 Å². The predicted octanol–water partition coefficient (Wildman–Crippen LogP) is 0.920. The quantitative estimate of drug-likeness (QED) is 0.294. The maximum Gasteiger partial charge on any atom is 0.294 e. The highest BCUT2D eigenvalue weighted by atomic mass is 32.2. The number of aliphatic imine (C=N–C) groups is 2. The van der Waals surface area contributed by atoms with Crippen molar-refractivity contribution in [3.8, 4) is 0 Å². The Hall–Kier alpha value is -0.750. The molecule has 0 fully saturated rings. The van der Waals surface area contributed by atoms with Gasteiger partial charge in [0.1, 0.15) is 0 Å². The lowest BCUT2D eigenvalue weighted by molar-refractivity contribution is -0.150. The Morgan fingerprint density at radius 3 is 2.42 bits per heavy atom. The smallest absolute Gasteiger partial charge is 0.294 e. The molecule has 12 heavy (non-hydrogen) atoms. The zero-order chi connectivity index (χ0) is 9.40. The van der Waals surface area contributed by atoms with E-state index >= 15 is 0 Å². The van der Waals surface area contributed by atoms with Gasteiger partial charge in [-0.3, -0.25) is 4.99 Å². The highest BCUT2D eigenvalue weighted by Gasteiger charge is 2.03. The first kappa shape index (κ1) is 11.2. The van der Waals surface area contributed by atoms with Crippen LogP contribution in [-0.2, 0) is 4.89 Å². The molecule has 70 valence electrons. The Morgan fingerprint density at radius 1 is 1.42 bits per heavy atom. The lowest BCUT2D eigenvalue weighted by Crippen LogP contribution is -2.12. The van der Waals surface area contributed by atoms with Gasteiger partial charge >= 0.3 is 0 Å². The molecule has 0 rings (SSSR count). The normalized spacial score (nSPS) is 13.2. The summed E-state index contributed by atoms with van der Waals surface area (Å²) in [6.07, 6.45) is 0. The number of nitrogens with two attached hydrogens (primary N) is 1. The molecule has 0 atom stereocenters. The molecule has 0 saturated heterocycles. The molecule has 0 aromatic heterocycles. The zero-order valence-corrected chi connectivity index (χ0v) is 7.97. The maximum atomic E-state index is 8.31. The molecule has 5 nitrogen and oxygen atoms in total. The van der Waals surface area contributed by atoms with E-state index < -0.39 is 0 Å². The van der Waals surface area contributed by atoms with Crippen LogP contribution in [0.3, 0.4) is 0 Å². The van der Waals surface area contributed by atoms with Gasteiger partial charge < -0.3 is 10.6 Å². The topological polar surface area (TPSA) is 80.2 Å². The van der Waals surface area contributed by atoms with Gasteiger partial charge in [0.25, 0.3) is 5.23 Å². The van der Waals surface area contributed by atoms with Crippen LogP contribution in [0.25, 0.3) is 0 Å². The van der Waals surface area contributed by atoms with Crippen molar-refractivity contribution in [1.29, 1.82) is 0 Å². The number of hydrogen-bond donors (Lipinski definition) is 2. The monoisotopic (exact) mass is 191 g/mol. The van der Waals surface area contributed by atoms with E-state index in [-0.39, 0.29) is 5.23 Å². The lowest BCUT2D eigenvalue weighted by Gasteiger charge is -1.99. The number of nitrogens with zero attached hydrogens (tertiary/aromatic N) is 2. The molecule has 0 aromatic rings. The molecular formula is C6H13N3O2S. The third kappa shape index (κ3) is 4.97. The summed E-state index contributed by atoms with van der Waals surface area (Å²) in [7, 11) is 0. The molecule has 0 saturated carbocycles. The molecule has 0 amide bonds. The van der Waals surface area contributed by atoms with Crippen LogP contribution in [0.5, 0.6) is 0 Å². The second kappa shape index (κ2) is 6.93. The molecule has 0 heterocycles. The van der Waals surface area contributed by atoms with Crippen molar-refractivity contribution in [2.75, 3.05) is 13.1 Å². The van der Waals surface area contributed by atoms with Crippen LogP contribution >= 0.6 is 11.8 Å². The van der Waals surface area contributed by atoms with Crippen LogP contribution < -0.4 is 5.73 Å². The molecule has 0 unspecified atom stereocenters. The summed E-state index contributed by atoms with van der Waals surface area (Å²) in [4.78, 5) is 11.7. The van der Waals surface area contributed by atoms with Gasteiger partial charge in [0, 0.05) is 24.9 Å². The third-order valence-electron chi connectivity index (χ3n) is 0.871. The zero-order valence-electron chi connectivity index (χ0n) is 7.15. The van der Waals surface area contributed by atoms with Crippen molar-refractivity contribution in [3.63, 3.8) is 0 Å². The molecule has 0 aliphatic carbocycles. The van der Waals surface area contributed by atoms with Crippen molar-refractivity contribution in [3.05, 3.63) is 0 Å². The fourth-order valence-electron chi connectivity index (χ4n) is 0.486. The number of hydrogen-bond acceptors (Lipinski definition) is 5. The van der Waals surface area contributed by atoms with Crippen LogP contribution in [0, 0.1) is 0 Å². The Labute approximate surface area is 75.7 Å². The number of thioether (sulfide) groups is 1. The maximum absolute atomic E-state index is 8.31. The molecule has 0 spiro atoms. The van der Waals surface area contributed by atoms with Gasteiger partial charge in [-0.05, 0) is 13.8 Å². The summed E-state index contributed by atoms with van der Waals surface area (Å²) in [5.74, 6) is 0.